The molecule has 0 amide bonds. The summed E-state index contributed by atoms with van der Waals surface area (Å²) < 4.78 is 52.7. The Balaban J connectivity index is 0. The van der Waals surface area contributed by atoms with E-state index in [-0.39, 0.29) is 0 Å². The fourth-order valence-electron chi connectivity index (χ4n) is 0.224. The van der Waals surface area contributed by atoms with Gasteiger partial charge in [0.15, 0.2) is 0 Å². The Labute approximate surface area is 68.8 Å². The van der Waals surface area contributed by atoms with Crippen LogP contribution in [0.15, 0.2) is 0 Å². The Morgan fingerprint density at radius 2 is 1.17 bits per heavy atom. The maximum absolute atomic E-state index is 10.7. The van der Waals surface area contributed by atoms with Crippen LogP contribution in [0.2, 0.25) is 0 Å². The first-order valence-corrected chi connectivity index (χ1v) is 4.07. The van der Waals surface area contributed by atoms with Crippen LogP contribution in [0.5, 0.6) is 0 Å². The molecule has 0 fully saturated rings. The minimum Gasteiger partial charge on any atom is -0.290 e. The Hall–Kier alpha value is -0.0351. The number of halogens is 3. The first-order valence-electron chi connectivity index (χ1n) is 2.61. The molecule has 74 valence electrons. The lowest BCUT2D eigenvalue weighted by atomic mass is 10.5. The first kappa shape index (κ1) is 14.5. The van der Waals surface area contributed by atoms with Gasteiger partial charge in [-0.25, -0.2) is 4.57 Å². The van der Waals surface area contributed by atoms with Gasteiger partial charge in [-0.2, -0.15) is 0 Å². The van der Waals surface area contributed by atoms with Crippen molar-refractivity contribution in [3.63, 3.8) is 0 Å². The molecular formula is C3H9BF3O4P. The van der Waals surface area contributed by atoms with Gasteiger partial charge in [0, 0.05) is 21.3 Å². The fraction of sp³-hybridized carbons (Fsp3) is 1.00. The summed E-state index contributed by atoms with van der Waals surface area (Å²) in [6, 6.07) is 0. The summed E-state index contributed by atoms with van der Waals surface area (Å²) in [4.78, 5) is 0. The molecule has 0 aliphatic heterocycles. The van der Waals surface area contributed by atoms with Crippen LogP contribution in [0, 0.1) is 0 Å². The summed E-state index contributed by atoms with van der Waals surface area (Å²) >= 11 is 0. The molecule has 0 radical (unpaired) electrons. The van der Waals surface area contributed by atoms with E-state index in [0.29, 0.717) is 0 Å². The molecule has 12 heavy (non-hydrogen) atoms. The highest BCUT2D eigenvalue weighted by atomic mass is 31.2. The van der Waals surface area contributed by atoms with E-state index >= 15 is 0 Å². The molecule has 0 N–H and O–H groups in total. The maximum atomic E-state index is 10.7. The molecule has 0 unspecified atom stereocenters. The molecule has 4 nitrogen and oxygen atoms in total. The predicted octanol–water partition coefficient (Wildman–Crippen LogP) is 1.91. The highest BCUT2D eigenvalue weighted by Gasteiger charge is 2.18. The average Bonchev–Trinajstić information content (AvgIpc) is 2.02. The zero-order valence-electron chi connectivity index (χ0n) is 6.79. The van der Waals surface area contributed by atoms with Gasteiger partial charge < -0.3 is 0 Å². The van der Waals surface area contributed by atoms with Crippen LogP contribution in [0.1, 0.15) is 0 Å². The zero-order chi connectivity index (χ0) is 10.2. The molecule has 9 heteroatoms. The summed E-state index contributed by atoms with van der Waals surface area (Å²) in [5.74, 6) is 0. The van der Waals surface area contributed by atoms with Crippen molar-refractivity contribution in [2.75, 3.05) is 21.3 Å². The molecule has 0 aromatic heterocycles. The van der Waals surface area contributed by atoms with E-state index in [0.717, 1.165) is 0 Å². The van der Waals surface area contributed by atoms with Gasteiger partial charge in [0.05, 0.1) is 0 Å². The van der Waals surface area contributed by atoms with Crippen LogP contribution in [0.4, 0.5) is 12.9 Å². The standard InChI is InChI=1S/C3H9O4P.BF3/c1-5-8(4,6-2)7-3;2-1(3)4/h1-3H3;. The smallest absolute Gasteiger partial charge is 0.290 e. The van der Waals surface area contributed by atoms with Crippen molar-refractivity contribution in [2.45, 2.75) is 0 Å². The summed E-state index contributed by atoms with van der Waals surface area (Å²) in [6.45, 7) is 0. The lowest BCUT2D eigenvalue weighted by Gasteiger charge is -2.08. The Bertz CT molecular complexity index is 124. The van der Waals surface area contributed by atoms with Crippen LogP contribution in [0.3, 0.4) is 0 Å². The molecule has 0 aromatic rings. The van der Waals surface area contributed by atoms with Crippen LogP contribution in [0.25, 0.3) is 0 Å². The van der Waals surface area contributed by atoms with Crippen molar-refractivity contribution >= 4 is 15.4 Å². The molecule has 0 heterocycles. The molecular weight excluding hydrogens is 199 g/mol. The second-order valence-corrected chi connectivity index (χ2v) is 3.23. The third-order valence-corrected chi connectivity index (χ3v) is 2.01. The van der Waals surface area contributed by atoms with Gasteiger partial charge in [-0.3, -0.25) is 26.5 Å². The first-order chi connectivity index (χ1) is 5.41. The van der Waals surface area contributed by atoms with Gasteiger partial charge in [0.2, 0.25) is 0 Å². The molecule has 0 bridgehead atoms. The largest absolute Gasteiger partial charge is 0.762 e. The summed E-state index contributed by atoms with van der Waals surface area (Å²) in [5.41, 5.74) is 0. The van der Waals surface area contributed by atoms with Crippen molar-refractivity contribution in [3.8, 4) is 0 Å². The third kappa shape index (κ3) is 9.96. The molecule has 0 aromatic carbocycles. The fourth-order valence-corrected chi connectivity index (χ4v) is 0.671. The van der Waals surface area contributed by atoms with E-state index in [9.17, 15) is 17.5 Å². The Morgan fingerprint density at radius 3 is 1.17 bits per heavy atom. The van der Waals surface area contributed by atoms with Crippen LogP contribution in [-0.4, -0.2) is 28.9 Å². The zero-order valence-corrected chi connectivity index (χ0v) is 7.69. The molecule has 0 saturated heterocycles. The van der Waals surface area contributed by atoms with E-state index in [2.05, 4.69) is 13.6 Å². The Morgan fingerprint density at radius 1 is 1.00 bits per heavy atom. The molecule has 0 saturated carbocycles. The quantitative estimate of drug-likeness (QED) is 0.524. The molecule has 0 atom stereocenters. The normalized spacial score (nSPS) is 10.2. The highest BCUT2D eigenvalue weighted by molar-refractivity contribution is 7.48. The van der Waals surface area contributed by atoms with Gasteiger partial charge in [0.1, 0.15) is 0 Å². The average molecular weight is 208 g/mol. The Kier molecular flexibility index (Phi) is 9.18. The van der Waals surface area contributed by atoms with Crippen molar-refractivity contribution in [1.29, 1.82) is 0 Å². The topological polar surface area (TPSA) is 44.8 Å². The lowest BCUT2D eigenvalue weighted by molar-refractivity contribution is 0.178. The van der Waals surface area contributed by atoms with E-state index in [1.54, 1.807) is 0 Å². The minimum absolute atomic E-state index is 1.26. The molecule has 0 rings (SSSR count). The number of hydrogen-bond donors (Lipinski definition) is 0. The van der Waals surface area contributed by atoms with Crippen molar-refractivity contribution < 1.29 is 31.1 Å². The monoisotopic (exact) mass is 208 g/mol. The van der Waals surface area contributed by atoms with Crippen LogP contribution < -0.4 is 0 Å². The van der Waals surface area contributed by atoms with Gasteiger partial charge in [-0.15, -0.1) is 0 Å². The second kappa shape index (κ2) is 7.61. The van der Waals surface area contributed by atoms with Gasteiger partial charge >= 0.3 is 15.4 Å². The SMILES string of the molecule is COP(=O)(OC)OC.FB(F)F. The van der Waals surface area contributed by atoms with Gasteiger partial charge in [-0.1, -0.05) is 0 Å². The maximum Gasteiger partial charge on any atom is 0.762 e. The highest BCUT2D eigenvalue weighted by Crippen LogP contribution is 2.46. The third-order valence-electron chi connectivity index (χ3n) is 0.671. The molecule has 0 spiro atoms. The lowest BCUT2D eigenvalue weighted by Crippen LogP contribution is -1.88. The number of rotatable bonds is 3. The molecule has 0 aliphatic carbocycles. The van der Waals surface area contributed by atoms with Gasteiger partial charge in [-0.05, 0) is 0 Å². The van der Waals surface area contributed by atoms with Crippen molar-refractivity contribution in [2.24, 2.45) is 0 Å². The van der Waals surface area contributed by atoms with Crippen molar-refractivity contribution in [3.05, 3.63) is 0 Å². The van der Waals surface area contributed by atoms with E-state index < -0.39 is 15.4 Å². The number of phosphoric ester groups is 1. The van der Waals surface area contributed by atoms with E-state index in [1.165, 1.54) is 21.3 Å². The summed E-state index contributed by atoms with van der Waals surface area (Å²) in [5, 5.41) is 0. The molecule has 0 aliphatic rings. The minimum atomic E-state index is -3.67. The van der Waals surface area contributed by atoms with Gasteiger partial charge in [0.25, 0.3) is 0 Å². The summed E-state index contributed by atoms with van der Waals surface area (Å²) in [6.07, 6.45) is 0. The number of phosphoric acid groups is 1. The van der Waals surface area contributed by atoms with Crippen LogP contribution in [-0.2, 0) is 18.1 Å². The summed E-state index contributed by atoms with van der Waals surface area (Å²) in [7, 11) is -3.06. The predicted molar refractivity (Wildman–Crippen MR) is 37.7 cm³/mol. The number of hydrogen-bond acceptors (Lipinski definition) is 4. The second-order valence-electron chi connectivity index (χ2n) is 1.24. The van der Waals surface area contributed by atoms with Crippen LogP contribution >= 0.6 is 7.82 Å². The van der Waals surface area contributed by atoms with E-state index in [4.69, 9.17) is 0 Å². The van der Waals surface area contributed by atoms with E-state index in [1.807, 2.05) is 0 Å². The van der Waals surface area contributed by atoms with Crippen molar-refractivity contribution in [1.82, 2.24) is 0 Å².